The Morgan fingerprint density at radius 2 is 1.89 bits per heavy atom. The van der Waals surface area contributed by atoms with Crippen LogP contribution in [0.25, 0.3) is 0 Å². The maximum absolute atomic E-state index is 5.94. The highest BCUT2D eigenvalue weighted by Crippen LogP contribution is 2.39. The summed E-state index contributed by atoms with van der Waals surface area (Å²) in [6.45, 7) is 6.24. The number of aliphatic imine (C=N–C) groups is 1. The Balaban J connectivity index is 1.88. The fourth-order valence-electron chi connectivity index (χ4n) is 3.43. The van der Waals surface area contributed by atoms with Crippen LogP contribution in [0, 0.1) is 0 Å². The largest absolute Gasteiger partial charge is 0.460 e. The molecule has 3 rings (SSSR count). The van der Waals surface area contributed by atoms with Crippen molar-refractivity contribution in [2.45, 2.75) is 77.0 Å². The fourth-order valence-corrected chi connectivity index (χ4v) is 3.43. The fraction of sp³-hybridized carbons (Fsp3) is 0.800. The first-order chi connectivity index (χ1) is 8.53. The molecule has 2 unspecified atom stereocenters. The summed E-state index contributed by atoms with van der Waals surface area (Å²) in [4.78, 5) is 4.80. The molecular weight excluding hydrogens is 224 g/mol. The molecule has 1 aliphatic heterocycles. The molecular formula is C15H24N2O. The van der Waals surface area contributed by atoms with Gasteiger partial charge in [-0.25, -0.2) is 4.99 Å². The van der Waals surface area contributed by atoms with E-state index >= 15 is 0 Å². The van der Waals surface area contributed by atoms with E-state index in [4.69, 9.17) is 9.73 Å². The molecule has 0 aromatic rings. The van der Waals surface area contributed by atoms with Crippen LogP contribution in [0.4, 0.5) is 0 Å². The number of amidine groups is 1. The van der Waals surface area contributed by atoms with Gasteiger partial charge in [0.05, 0.1) is 12.1 Å². The number of hydrogen-bond acceptors (Lipinski definition) is 3. The van der Waals surface area contributed by atoms with Crippen LogP contribution in [-0.4, -0.2) is 23.7 Å². The average molecular weight is 248 g/mol. The Morgan fingerprint density at radius 3 is 2.61 bits per heavy atom. The molecule has 0 saturated carbocycles. The minimum absolute atomic E-state index is 0.167. The second-order valence-corrected chi connectivity index (χ2v) is 6.70. The summed E-state index contributed by atoms with van der Waals surface area (Å²) in [7, 11) is 0. The van der Waals surface area contributed by atoms with Gasteiger partial charge in [0.2, 0.25) is 0 Å². The quantitative estimate of drug-likeness (QED) is 0.668. The van der Waals surface area contributed by atoms with Gasteiger partial charge in [-0.05, 0) is 64.9 Å². The van der Waals surface area contributed by atoms with E-state index in [9.17, 15) is 0 Å². The SMILES string of the molecule is CC(C)(C)OC1=NC2CCCC3=C2C(CCC3)N1. The maximum Gasteiger partial charge on any atom is 0.286 e. The van der Waals surface area contributed by atoms with E-state index in [1.807, 2.05) is 0 Å². The highest BCUT2D eigenvalue weighted by molar-refractivity contribution is 5.77. The number of nitrogens with zero attached hydrogens (tertiary/aromatic N) is 1. The first-order valence-electron chi connectivity index (χ1n) is 7.28. The first-order valence-corrected chi connectivity index (χ1v) is 7.28. The number of ether oxygens (including phenoxy) is 1. The van der Waals surface area contributed by atoms with Crippen LogP contribution < -0.4 is 5.32 Å². The zero-order valence-electron chi connectivity index (χ0n) is 11.8. The molecule has 0 bridgehead atoms. The van der Waals surface area contributed by atoms with Gasteiger partial charge < -0.3 is 10.1 Å². The third-order valence-corrected chi connectivity index (χ3v) is 4.04. The van der Waals surface area contributed by atoms with E-state index in [0.717, 1.165) is 6.02 Å². The second kappa shape index (κ2) is 4.29. The molecule has 0 spiro atoms. The van der Waals surface area contributed by atoms with Crippen molar-refractivity contribution >= 4 is 6.02 Å². The summed E-state index contributed by atoms with van der Waals surface area (Å²) in [5, 5.41) is 3.51. The molecule has 0 amide bonds. The van der Waals surface area contributed by atoms with Crippen molar-refractivity contribution in [1.82, 2.24) is 5.32 Å². The van der Waals surface area contributed by atoms with Gasteiger partial charge in [-0.15, -0.1) is 0 Å². The molecule has 0 aromatic heterocycles. The zero-order chi connectivity index (χ0) is 12.8. The molecule has 18 heavy (non-hydrogen) atoms. The third-order valence-electron chi connectivity index (χ3n) is 4.04. The Labute approximate surface area is 110 Å². The van der Waals surface area contributed by atoms with E-state index in [1.165, 1.54) is 38.5 Å². The summed E-state index contributed by atoms with van der Waals surface area (Å²) in [5.41, 5.74) is 3.13. The maximum atomic E-state index is 5.94. The van der Waals surface area contributed by atoms with Crippen molar-refractivity contribution in [3.8, 4) is 0 Å². The smallest absolute Gasteiger partial charge is 0.286 e. The van der Waals surface area contributed by atoms with Gasteiger partial charge in [0.15, 0.2) is 0 Å². The third kappa shape index (κ3) is 2.27. The van der Waals surface area contributed by atoms with E-state index in [1.54, 1.807) is 11.1 Å². The van der Waals surface area contributed by atoms with Crippen molar-refractivity contribution in [3.05, 3.63) is 11.1 Å². The standard InChI is InChI=1S/C15H24N2O/c1-15(2,3)18-14-16-11-8-4-6-10-7-5-9-12(17-14)13(10)11/h11-12H,4-9H2,1-3H3,(H,16,17). The topological polar surface area (TPSA) is 33.6 Å². The molecule has 0 fully saturated rings. The first kappa shape index (κ1) is 12.1. The van der Waals surface area contributed by atoms with Crippen molar-refractivity contribution in [3.63, 3.8) is 0 Å². The van der Waals surface area contributed by atoms with Crippen molar-refractivity contribution < 1.29 is 4.74 Å². The van der Waals surface area contributed by atoms with E-state index in [2.05, 4.69) is 26.1 Å². The molecule has 3 heteroatoms. The minimum Gasteiger partial charge on any atom is -0.460 e. The van der Waals surface area contributed by atoms with Crippen LogP contribution in [0.15, 0.2) is 16.1 Å². The molecule has 100 valence electrons. The van der Waals surface area contributed by atoms with E-state index < -0.39 is 0 Å². The van der Waals surface area contributed by atoms with Crippen molar-refractivity contribution in [1.29, 1.82) is 0 Å². The van der Waals surface area contributed by atoms with Crippen LogP contribution in [0.3, 0.4) is 0 Å². The summed E-state index contributed by atoms with van der Waals surface area (Å²) in [5.74, 6) is 0. The highest BCUT2D eigenvalue weighted by Gasteiger charge is 2.36. The monoisotopic (exact) mass is 248 g/mol. The summed E-state index contributed by atoms with van der Waals surface area (Å²) in [6, 6.07) is 1.66. The summed E-state index contributed by atoms with van der Waals surface area (Å²) < 4.78 is 5.94. The normalized spacial score (nSPS) is 31.4. The lowest BCUT2D eigenvalue weighted by Gasteiger charge is -2.40. The molecule has 3 aliphatic rings. The van der Waals surface area contributed by atoms with Gasteiger partial charge in [-0.1, -0.05) is 5.57 Å². The van der Waals surface area contributed by atoms with Crippen molar-refractivity contribution in [2.75, 3.05) is 0 Å². The molecule has 3 nitrogen and oxygen atoms in total. The Bertz CT molecular complexity index is 399. The average Bonchev–Trinajstić information content (AvgIpc) is 2.27. The van der Waals surface area contributed by atoms with Gasteiger partial charge >= 0.3 is 0 Å². The van der Waals surface area contributed by atoms with Crippen LogP contribution in [0.1, 0.15) is 59.3 Å². The van der Waals surface area contributed by atoms with Gasteiger partial charge in [-0.2, -0.15) is 0 Å². The number of hydrogen-bond donors (Lipinski definition) is 1. The van der Waals surface area contributed by atoms with Crippen LogP contribution in [0.2, 0.25) is 0 Å². The minimum atomic E-state index is -0.167. The van der Waals surface area contributed by atoms with Crippen molar-refractivity contribution in [2.24, 2.45) is 4.99 Å². The lowest BCUT2D eigenvalue weighted by atomic mass is 9.76. The molecule has 1 heterocycles. The lowest BCUT2D eigenvalue weighted by Crippen LogP contribution is -2.49. The highest BCUT2D eigenvalue weighted by atomic mass is 16.5. The Morgan fingerprint density at radius 1 is 1.17 bits per heavy atom. The van der Waals surface area contributed by atoms with Crippen LogP contribution in [0.5, 0.6) is 0 Å². The van der Waals surface area contributed by atoms with Gasteiger partial charge in [0.25, 0.3) is 6.02 Å². The molecule has 0 radical (unpaired) electrons. The molecule has 2 atom stereocenters. The predicted molar refractivity (Wildman–Crippen MR) is 73.7 cm³/mol. The summed E-state index contributed by atoms with van der Waals surface area (Å²) >= 11 is 0. The molecule has 2 aliphatic carbocycles. The Hall–Kier alpha value is -0.990. The van der Waals surface area contributed by atoms with Gasteiger partial charge in [0, 0.05) is 0 Å². The van der Waals surface area contributed by atoms with Crippen LogP contribution >= 0.6 is 0 Å². The predicted octanol–water partition coefficient (Wildman–Crippen LogP) is 3.16. The second-order valence-electron chi connectivity index (χ2n) is 6.70. The Kier molecular flexibility index (Phi) is 2.87. The van der Waals surface area contributed by atoms with Gasteiger partial charge in [-0.3, -0.25) is 0 Å². The summed E-state index contributed by atoms with van der Waals surface area (Å²) in [6.07, 6.45) is 7.65. The van der Waals surface area contributed by atoms with Gasteiger partial charge in [0.1, 0.15) is 5.60 Å². The van der Waals surface area contributed by atoms with Crippen LogP contribution in [-0.2, 0) is 4.74 Å². The number of rotatable bonds is 0. The lowest BCUT2D eigenvalue weighted by molar-refractivity contribution is 0.104. The molecule has 1 N–H and O–H groups in total. The number of allylic oxidation sites excluding steroid dienone is 1. The molecule has 0 saturated heterocycles. The van der Waals surface area contributed by atoms with E-state index in [-0.39, 0.29) is 5.60 Å². The van der Waals surface area contributed by atoms with E-state index in [0.29, 0.717) is 12.1 Å². The molecule has 0 aromatic carbocycles. The number of nitrogens with one attached hydrogen (secondary N) is 1. The zero-order valence-corrected chi connectivity index (χ0v) is 11.8.